The predicted molar refractivity (Wildman–Crippen MR) is 106 cm³/mol. The molecule has 0 atom stereocenters. The third-order valence-corrected chi connectivity index (χ3v) is 6.81. The van der Waals surface area contributed by atoms with E-state index in [9.17, 15) is 22.4 Å². The second kappa shape index (κ2) is 8.71. The number of carbonyl (C=O) groups is 2. The van der Waals surface area contributed by atoms with Crippen LogP contribution in [0.1, 0.15) is 18.4 Å². The molecule has 0 bridgehead atoms. The van der Waals surface area contributed by atoms with Crippen molar-refractivity contribution in [2.24, 2.45) is 11.7 Å². The summed E-state index contributed by atoms with van der Waals surface area (Å²) in [6.07, 6.45) is 0.821. The highest BCUT2D eigenvalue weighted by Gasteiger charge is 2.33. The molecule has 1 aliphatic heterocycles. The monoisotopic (exact) mass is 419 g/mol. The molecule has 1 fully saturated rings. The van der Waals surface area contributed by atoms with Crippen LogP contribution in [0.25, 0.3) is 0 Å². The van der Waals surface area contributed by atoms with Crippen LogP contribution in [0.4, 0.5) is 10.1 Å². The van der Waals surface area contributed by atoms with Crippen molar-refractivity contribution in [2.75, 3.05) is 18.4 Å². The number of rotatable bonds is 6. The number of anilines is 1. The summed E-state index contributed by atoms with van der Waals surface area (Å²) < 4.78 is 40.4. The summed E-state index contributed by atoms with van der Waals surface area (Å²) in [5.41, 5.74) is 6.49. The molecule has 0 unspecified atom stereocenters. The number of benzene rings is 2. The highest BCUT2D eigenvalue weighted by atomic mass is 32.2. The average molecular weight is 419 g/mol. The van der Waals surface area contributed by atoms with E-state index in [4.69, 9.17) is 5.73 Å². The van der Waals surface area contributed by atoms with Crippen LogP contribution in [0.3, 0.4) is 0 Å². The molecular formula is C20H22FN3O4S. The van der Waals surface area contributed by atoms with Crippen molar-refractivity contribution >= 4 is 27.5 Å². The Kier molecular flexibility index (Phi) is 6.29. The Morgan fingerprint density at radius 3 is 2.28 bits per heavy atom. The SMILES string of the molecule is NC(=O)Cc1ccc(NC(=O)C2CCN(S(=O)(=O)c3ccccc3F)CC2)cc1. The molecule has 3 N–H and O–H groups in total. The van der Waals surface area contributed by atoms with E-state index < -0.39 is 21.7 Å². The van der Waals surface area contributed by atoms with Gasteiger partial charge in [-0.1, -0.05) is 24.3 Å². The minimum atomic E-state index is -3.93. The fourth-order valence-corrected chi connectivity index (χ4v) is 4.84. The molecule has 7 nitrogen and oxygen atoms in total. The van der Waals surface area contributed by atoms with Gasteiger partial charge in [0.2, 0.25) is 21.8 Å². The smallest absolute Gasteiger partial charge is 0.245 e. The van der Waals surface area contributed by atoms with E-state index in [1.54, 1.807) is 24.3 Å². The van der Waals surface area contributed by atoms with Crippen molar-refractivity contribution in [3.8, 4) is 0 Å². The van der Waals surface area contributed by atoms with Crippen molar-refractivity contribution < 1.29 is 22.4 Å². The molecule has 0 spiro atoms. The van der Waals surface area contributed by atoms with Gasteiger partial charge in [-0.15, -0.1) is 0 Å². The summed E-state index contributed by atoms with van der Waals surface area (Å²) in [5, 5.41) is 2.80. The Labute approximate surface area is 168 Å². The van der Waals surface area contributed by atoms with Gasteiger partial charge < -0.3 is 11.1 Å². The molecule has 29 heavy (non-hydrogen) atoms. The fourth-order valence-electron chi connectivity index (χ4n) is 3.30. The minimum absolute atomic E-state index is 0.128. The molecule has 0 aliphatic carbocycles. The van der Waals surface area contributed by atoms with Gasteiger partial charge in [0.25, 0.3) is 0 Å². The molecule has 9 heteroatoms. The van der Waals surface area contributed by atoms with E-state index in [1.807, 2.05) is 0 Å². The van der Waals surface area contributed by atoms with Gasteiger partial charge in [0, 0.05) is 24.7 Å². The summed E-state index contributed by atoms with van der Waals surface area (Å²) in [7, 11) is -3.93. The number of hydrogen-bond acceptors (Lipinski definition) is 4. The van der Waals surface area contributed by atoms with Gasteiger partial charge in [-0.3, -0.25) is 9.59 Å². The highest BCUT2D eigenvalue weighted by Crippen LogP contribution is 2.26. The summed E-state index contributed by atoms with van der Waals surface area (Å²) in [4.78, 5) is 23.1. The Morgan fingerprint density at radius 2 is 1.69 bits per heavy atom. The van der Waals surface area contributed by atoms with E-state index in [2.05, 4.69) is 5.32 Å². The molecule has 2 aromatic carbocycles. The number of hydrogen-bond donors (Lipinski definition) is 2. The summed E-state index contributed by atoms with van der Waals surface area (Å²) in [6.45, 7) is 0.290. The van der Waals surface area contributed by atoms with Gasteiger partial charge in [-0.2, -0.15) is 4.31 Å². The lowest BCUT2D eigenvalue weighted by atomic mass is 9.97. The van der Waals surface area contributed by atoms with Crippen molar-refractivity contribution in [3.63, 3.8) is 0 Å². The first-order valence-corrected chi connectivity index (χ1v) is 10.6. The number of nitrogens with zero attached hydrogens (tertiary/aromatic N) is 1. The van der Waals surface area contributed by atoms with Crippen LogP contribution in [-0.2, 0) is 26.0 Å². The van der Waals surface area contributed by atoms with Crippen LogP contribution < -0.4 is 11.1 Å². The van der Waals surface area contributed by atoms with Crippen LogP contribution >= 0.6 is 0 Å². The largest absolute Gasteiger partial charge is 0.369 e. The third-order valence-electron chi connectivity index (χ3n) is 4.88. The zero-order chi connectivity index (χ0) is 21.0. The Morgan fingerprint density at radius 1 is 1.07 bits per heavy atom. The number of halogens is 1. The topological polar surface area (TPSA) is 110 Å². The lowest BCUT2D eigenvalue weighted by Crippen LogP contribution is -2.41. The first-order chi connectivity index (χ1) is 13.8. The Bertz CT molecular complexity index is 1000. The lowest BCUT2D eigenvalue weighted by Gasteiger charge is -2.30. The zero-order valence-electron chi connectivity index (χ0n) is 15.7. The van der Waals surface area contributed by atoms with Gasteiger partial charge in [-0.05, 0) is 42.7 Å². The Hall–Kier alpha value is -2.78. The lowest BCUT2D eigenvalue weighted by molar-refractivity contribution is -0.121. The third kappa shape index (κ3) is 4.99. The number of amides is 2. The predicted octanol–water partition coefficient (Wildman–Crippen LogP) is 1.89. The van der Waals surface area contributed by atoms with Crippen molar-refractivity contribution in [2.45, 2.75) is 24.2 Å². The normalized spacial score (nSPS) is 15.8. The summed E-state index contributed by atoms with van der Waals surface area (Å²) >= 11 is 0. The van der Waals surface area contributed by atoms with Crippen molar-refractivity contribution in [1.82, 2.24) is 4.31 Å². The van der Waals surface area contributed by atoms with Crippen LogP contribution in [0.2, 0.25) is 0 Å². The maximum absolute atomic E-state index is 13.9. The maximum Gasteiger partial charge on any atom is 0.245 e. The number of sulfonamides is 1. The molecule has 0 radical (unpaired) electrons. The molecule has 1 heterocycles. The molecule has 3 rings (SSSR count). The van der Waals surface area contributed by atoms with Crippen LogP contribution in [0.5, 0.6) is 0 Å². The second-order valence-corrected chi connectivity index (χ2v) is 8.84. The number of carbonyl (C=O) groups excluding carboxylic acids is 2. The van der Waals surface area contributed by atoms with Crippen molar-refractivity contribution in [3.05, 3.63) is 59.9 Å². The summed E-state index contributed by atoms with van der Waals surface area (Å²) in [6, 6.07) is 12.1. The fraction of sp³-hybridized carbons (Fsp3) is 0.300. The molecule has 2 amide bonds. The van der Waals surface area contributed by atoms with E-state index in [0.717, 1.165) is 11.6 Å². The number of piperidine rings is 1. The molecule has 0 aromatic heterocycles. The maximum atomic E-state index is 13.9. The van der Waals surface area contributed by atoms with Crippen molar-refractivity contribution in [1.29, 1.82) is 0 Å². The van der Waals surface area contributed by atoms with E-state index in [0.29, 0.717) is 18.5 Å². The first kappa shape index (κ1) is 20.9. The molecule has 2 aromatic rings. The van der Waals surface area contributed by atoms with Gasteiger partial charge in [0.05, 0.1) is 6.42 Å². The van der Waals surface area contributed by atoms with Crippen LogP contribution in [0.15, 0.2) is 53.4 Å². The average Bonchev–Trinajstić information content (AvgIpc) is 2.69. The quantitative estimate of drug-likeness (QED) is 0.745. The Balaban J connectivity index is 1.58. The van der Waals surface area contributed by atoms with Gasteiger partial charge in [-0.25, -0.2) is 12.8 Å². The van der Waals surface area contributed by atoms with Gasteiger partial charge >= 0.3 is 0 Å². The van der Waals surface area contributed by atoms with E-state index in [-0.39, 0.29) is 36.2 Å². The highest BCUT2D eigenvalue weighted by molar-refractivity contribution is 7.89. The molecule has 1 saturated heterocycles. The zero-order valence-corrected chi connectivity index (χ0v) is 16.5. The van der Waals surface area contributed by atoms with E-state index >= 15 is 0 Å². The molecule has 1 aliphatic rings. The van der Waals surface area contributed by atoms with Gasteiger partial charge in [0.1, 0.15) is 10.7 Å². The molecular weight excluding hydrogens is 397 g/mol. The second-order valence-electron chi connectivity index (χ2n) is 6.94. The first-order valence-electron chi connectivity index (χ1n) is 9.20. The van der Waals surface area contributed by atoms with Crippen LogP contribution in [0, 0.1) is 11.7 Å². The van der Waals surface area contributed by atoms with Gasteiger partial charge in [0.15, 0.2) is 0 Å². The molecule has 0 saturated carbocycles. The summed E-state index contributed by atoms with van der Waals surface area (Å²) in [5.74, 6) is -1.76. The van der Waals surface area contributed by atoms with E-state index in [1.165, 1.54) is 22.5 Å². The number of nitrogens with one attached hydrogen (secondary N) is 1. The minimum Gasteiger partial charge on any atom is -0.369 e. The van der Waals surface area contributed by atoms with Crippen LogP contribution in [-0.4, -0.2) is 37.6 Å². The molecule has 154 valence electrons. The number of primary amides is 1. The standard InChI is InChI=1S/C20H22FN3O4S/c21-17-3-1-2-4-18(17)29(27,28)24-11-9-15(10-12-24)20(26)23-16-7-5-14(6-8-16)13-19(22)25/h1-8,15H,9-13H2,(H2,22,25)(H,23,26). The number of nitrogens with two attached hydrogens (primary N) is 1.